The van der Waals surface area contributed by atoms with Gasteiger partial charge in [-0.3, -0.25) is 4.79 Å². The van der Waals surface area contributed by atoms with Gasteiger partial charge in [0.1, 0.15) is 11.5 Å². The highest BCUT2D eigenvalue weighted by Gasteiger charge is 2.31. The molecule has 0 unspecified atom stereocenters. The van der Waals surface area contributed by atoms with Crippen molar-refractivity contribution in [2.24, 2.45) is 11.7 Å². The zero-order valence-corrected chi connectivity index (χ0v) is 10.7. The Balaban J connectivity index is 2.15. The second kappa shape index (κ2) is 5.27. The number of likely N-dealkylation sites (tertiary alicyclic amines) is 1. The molecule has 5 heteroatoms. The van der Waals surface area contributed by atoms with Gasteiger partial charge in [-0.25, -0.2) is 0 Å². The van der Waals surface area contributed by atoms with Crippen LogP contribution < -0.4 is 15.2 Å². The zero-order chi connectivity index (χ0) is 13.1. The number of methoxy groups -OCH3 is 2. The Bertz CT molecular complexity index is 442. The molecule has 1 aromatic rings. The van der Waals surface area contributed by atoms with Gasteiger partial charge in [0.25, 0.3) is 5.91 Å². The Labute approximate surface area is 106 Å². The number of carbonyl (C=O) groups is 1. The molecule has 0 atom stereocenters. The smallest absolute Gasteiger partial charge is 0.257 e. The van der Waals surface area contributed by atoms with Gasteiger partial charge in [-0.15, -0.1) is 0 Å². The van der Waals surface area contributed by atoms with Crippen molar-refractivity contribution in [1.82, 2.24) is 4.90 Å². The third-order valence-electron chi connectivity index (χ3n) is 3.22. The van der Waals surface area contributed by atoms with E-state index in [1.807, 2.05) is 0 Å². The lowest BCUT2D eigenvalue weighted by molar-refractivity contribution is 0.0512. The Morgan fingerprint density at radius 2 is 2.11 bits per heavy atom. The summed E-state index contributed by atoms with van der Waals surface area (Å²) in [5.74, 6) is 1.62. The summed E-state index contributed by atoms with van der Waals surface area (Å²) in [5, 5.41) is 0. The van der Waals surface area contributed by atoms with Crippen LogP contribution in [0.4, 0.5) is 0 Å². The van der Waals surface area contributed by atoms with Gasteiger partial charge in [-0.05, 0) is 18.7 Å². The molecule has 0 radical (unpaired) electrons. The predicted molar refractivity (Wildman–Crippen MR) is 68.0 cm³/mol. The van der Waals surface area contributed by atoms with E-state index in [0.717, 1.165) is 13.1 Å². The molecule has 1 aliphatic rings. The fourth-order valence-electron chi connectivity index (χ4n) is 2.03. The first-order chi connectivity index (χ1) is 8.69. The summed E-state index contributed by atoms with van der Waals surface area (Å²) in [6, 6.07) is 5.21. The van der Waals surface area contributed by atoms with Crippen LogP contribution in [0.15, 0.2) is 18.2 Å². The molecule has 1 saturated heterocycles. The maximum atomic E-state index is 12.2. The first-order valence-electron chi connectivity index (χ1n) is 5.91. The molecule has 1 aromatic carbocycles. The summed E-state index contributed by atoms with van der Waals surface area (Å²) in [7, 11) is 3.13. The van der Waals surface area contributed by atoms with Crippen molar-refractivity contribution in [1.29, 1.82) is 0 Å². The minimum Gasteiger partial charge on any atom is -0.497 e. The molecule has 98 valence electrons. The van der Waals surface area contributed by atoms with Crippen molar-refractivity contribution < 1.29 is 14.3 Å². The predicted octanol–water partition coefficient (Wildman–Crippen LogP) is 0.734. The first-order valence-corrected chi connectivity index (χ1v) is 5.91. The molecule has 0 spiro atoms. The van der Waals surface area contributed by atoms with Crippen LogP contribution in [0.2, 0.25) is 0 Å². The molecular formula is C13H18N2O3. The molecule has 5 nitrogen and oxygen atoms in total. The number of amides is 1. The largest absolute Gasteiger partial charge is 0.497 e. The Morgan fingerprint density at radius 1 is 1.39 bits per heavy atom. The Hall–Kier alpha value is -1.75. The summed E-state index contributed by atoms with van der Waals surface area (Å²) < 4.78 is 10.3. The average Bonchev–Trinajstić information content (AvgIpc) is 2.36. The fraction of sp³-hybridized carbons (Fsp3) is 0.462. The van der Waals surface area contributed by atoms with Crippen molar-refractivity contribution >= 4 is 5.91 Å². The molecule has 2 rings (SSSR count). The highest BCUT2D eigenvalue weighted by Crippen LogP contribution is 2.27. The van der Waals surface area contributed by atoms with Gasteiger partial charge in [0.15, 0.2) is 0 Å². The van der Waals surface area contributed by atoms with E-state index in [4.69, 9.17) is 15.2 Å². The summed E-state index contributed by atoms with van der Waals surface area (Å²) in [5.41, 5.74) is 6.11. The number of nitrogens with zero attached hydrogens (tertiary/aromatic N) is 1. The molecule has 0 bridgehead atoms. The highest BCUT2D eigenvalue weighted by atomic mass is 16.5. The number of rotatable bonds is 4. The molecule has 18 heavy (non-hydrogen) atoms. The zero-order valence-electron chi connectivity index (χ0n) is 10.7. The quantitative estimate of drug-likeness (QED) is 0.855. The summed E-state index contributed by atoms with van der Waals surface area (Å²) >= 11 is 0. The molecule has 0 saturated carbocycles. The van der Waals surface area contributed by atoms with E-state index in [2.05, 4.69) is 0 Å². The van der Waals surface area contributed by atoms with Gasteiger partial charge >= 0.3 is 0 Å². The van der Waals surface area contributed by atoms with Crippen molar-refractivity contribution in [3.05, 3.63) is 23.8 Å². The van der Waals surface area contributed by atoms with Crippen LogP contribution in [-0.4, -0.2) is 44.7 Å². The molecule has 1 aliphatic heterocycles. The van der Waals surface area contributed by atoms with E-state index >= 15 is 0 Å². The number of hydrogen-bond donors (Lipinski definition) is 1. The van der Waals surface area contributed by atoms with E-state index in [-0.39, 0.29) is 5.91 Å². The lowest BCUT2D eigenvalue weighted by Crippen LogP contribution is -2.52. The van der Waals surface area contributed by atoms with Crippen molar-refractivity contribution in [2.75, 3.05) is 33.9 Å². The Kier molecular flexibility index (Phi) is 3.72. The van der Waals surface area contributed by atoms with Crippen LogP contribution in [0, 0.1) is 5.92 Å². The number of ether oxygens (including phenoxy) is 2. The molecule has 2 N–H and O–H groups in total. The van der Waals surface area contributed by atoms with Crippen LogP contribution in [0.3, 0.4) is 0 Å². The summed E-state index contributed by atoms with van der Waals surface area (Å²) in [6.45, 7) is 2.08. The van der Waals surface area contributed by atoms with Crippen LogP contribution in [0.5, 0.6) is 11.5 Å². The van der Waals surface area contributed by atoms with E-state index in [1.165, 1.54) is 0 Å². The summed E-state index contributed by atoms with van der Waals surface area (Å²) in [4.78, 5) is 14.0. The third-order valence-corrected chi connectivity index (χ3v) is 3.22. The monoisotopic (exact) mass is 250 g/mol. The van der Waals surface area contributed by atoms with Gasteiger partial charge in [0.2, 0.25) is 0 Å². The van der Waals surface area contributed by atoms with Crippen LogP contribution >= 0.6 is 0 Å². The highest BCUT2D eigenvalue weighted by molar-refractivity contribution is 5.97. The molecule has 1 heterocycles. The van der Waals surface area contributed by atoms with Crippen LogP contribution in [0.25, 0.3) is 0 Å². The first kappa shape index (κ1) is 12.7. The lowest BCUT2D eigenvalue weighted by atomic mass is 9.99. The number of benzene rings is 1. The number of carbonyl (C=O) groups excluding carboxylic acids is 1. The normalized spacial score (nSPS) is 15.2. The molecule has 0 aromatic heterocycles. The van der Waals surface area contributed by atoms with Crippen LogP contribution in [0.1, 0.15) is 10.4 Å². The van der Waals surface area contributed by atoms with Crippen molar-refractivity contribution in [3.8, 4) is 11.5 Å². The van der Waals surface area contributed by atoms with E-state index in [0.29, 0.717) is 29.5 Å². The van der Waals surface area contributed by atoms with Crippen molar-refractivity contribution in [3.63, 3.8) is 0 Å². The lowest BCUT2D eigenvalue weighted by Gasteiger charge is -2.38. The minimum atomic E-state index is -0.0146. The fourth-order valence-corrected chi connectivity index (χ4v) is 2.03. The van der Waals surface area contributed by atoms with E-state index < -0.39 is 0 Å². The second-order valence-corrected chi connectivity index (χ2v) is 4.38. The SMILES string of the molecule is COc1ccc(C(=O)N2CC(CN)C2)c(OC)c1. The maximum absolute atomic E-state index is 12.2. The Morgan fingerprint density at radius 3 is 2.67 bits per heavy atom. The average molecular weight is 250 g/mol. The topological polar surface area (TPSA) is 64.8 Å². The number of hydrogen-bond acceptors (Lipinski definition) is 4. The molecule has 1 amide bonds. The van der Waals surface area contributed by atoms with Gasteiger partial charge in [-0.1, -0.05) is 0 Å². The molecule has 0 aliphatic carbocycles. The van der Waals surface area contributed by atoms with E-state index in [1.54, 1.807) is 37.3 Å². The number of nitrogens with two attached hydrogens (primary N) is 1. The van der Waals surface area contributed by atoms with Crippen molar-refractivity contribution in [2.45, 2.75) is 0 Å². The van der Waals surface area contributed by atoms with Gasteiger partial charge in [0.05, 0.1) is 19.8 Å². The standard InChI is InChI=1S/C13H18N2O3/c1-17-10-3-4-11(12(5-10)18-2)13(16)15-7-9(6-14)8-15/h3-5,9H,6-8,14H2,1-2H3. The van der Waals surface area contributed by atoms with Gasteiger partial charge in [-0.2, -0.15) is 0 Å². The van der Waals surface area contributed by atoms with Gasteiger partial charge < -0.3 is 20.1 Å². The minimum absolute atomic E-state index is 0.0146. The second-order valence-electron chi connectivity index (χ2n) is 4.38. The summed E-state index contributed by atoms with van der Waals surface area (Å²) in [6.07, 6.45) is 0. The molecular weight excluding hydrogens is 232 g/mol. The van der Waals surface area contributed by atoms with Gasteiger partial charge in [0, 0.05) is 25.1 Å². The van der Waals surface area contributed by atoms with E-state index in [9.17, 15) is 4.79 Å². The van der Waals surface area contributed by atoms with Crippen LogP contribution in [-0.2, 0) is 0 Å². The maximum Gasteiger partial charge on any atom is 0.257 e. The third kappa shape index (κ3) is 2.26. The molecule has 1 fully saturated rings.